The average Bonchev–Trinajstić information content (AvgIpc) is 3.39. The number of hydrogen-bond donors (Lipinski definition) is 2. The SMILES string of the molecule is CCNC(=NCC(=O)N1CCCC1)NCCc1ccc(S(=O)(=O)N(CC)CC)s1. The Morgan fingerprint density at radius 2 is 1.86 bits per heavy atom. The molecule has 29 heavy (non-hydrogen) atoms. The smallest absolute Gasteiger partial charge is 0.252 e. The number of amides is 1. The van der Waals surface area contributed by atoms with Gasteiger partial charge in [-0.2, -0.15) is 4.31 Å². The second-order valence-corrected chi connectivity index (χ2v) is 10.1. The zero-order valence-electron chi connectivity index (χ0n) is 17.6. The molecule has 1 aliphatic heterocycles. The van der Waals surface area contributed by atoms with Crippen molar-refractivity contribution in [2.45, 2.75) is 44.2 Å². The van der Waals surface area contributed by atoms with Crippen LogP contribution in [0.1, 0.15) is 38.5 Å². The van der Waals surface area contributed by atoms with Crippen molar-refractivity contribution in [3.05, 3.63) is 17.0 Å². The van der Waals surface area contributed by atoms with E-state index < -0.39 is 10.0 Å². The number of hydrogen-bond acceptors (Lipinski definition) is 5. The number of aliphatic imine (C=N–C) groups is 1. The quantitative estimate of drug-likeness (QED) is 0.422. The number of carbonyl (C=O) groups excluding carboxylic acids is 1. The first-order valence-electron chi connectivity index (χ1n) is 10.3. The maximum atomic E-state index is 12.6. The van der Waals surface area contributed by atoms with Gasteiger partial charge in [-0.15, -0.1) is 11.3 Å². The molecule has 1 aromatic rings. The van der Waals surface area contributed by atoms with Crippen molar-refractivity contribution in [1.82, 2.24) is 19.8 Å². The Hall–Kier alpha value is -1.65. The van der Waals surface area contributed by atoms with Crippen LogP contribution in [-0.4, -0.2) is 75.3 Å². The van der Waals surface area contributed by atoms with E-state index in [1.54, 1.807) is 6.07 Å². The summed E-state index contributed by atoms with van der Waals surface area (Å²) in [5.41, 5.74) is 0. The van der Waals surface area contributed by atoms with Gasteiger partial charge in [0.2, 0.25) is 5.91 Å². The van der Waals surface area contributed by atoms with Gasteiger partial charge in [-0.05, 0) is 38.3 Å². The minimum absolute atomic E-state index is 0.0595. The van der Waals surface area contributed by atoms with Gasteiger partial charge in [0.1, 0.15) is 10.8 Å². The fourth-order valence-corrected chi connectivity index (χ4v) is 6.15. The van der Waals surface area contributed by atoms with Crippen LogP contribution < -0.4 is 10.6 Å². The van der Waals surface area contributed by atoms with E-state index >= 15 is 0 Å². The Morgan fingerprint density at radius 3 is 2.48 bits per heavy atom. The van der Waals surface area contributed by atoms with Gasteiger partial charge in [-0.1, -0.05) is 13.8 Å². The number of carbonyl (C=O) groups is 1. The minimum atomic E-state index is -3.40. The summed E-state index contributed by atoms with van der Waals surface area (Å²) in [4.78, 5) is 19.4. The lowest BCUT2D eigenvalue weighted by Crippen LogP contribution is -2.39. The highest BCUT2D eigenvalue weighted by molar-refractivity contribution is 7.91. The van der Waals surface area contributed by atoms with Crippen LogP contribution in [0.2, 0.25) is 0 Å². The van der Waals surface area contributed by atoms with Crippen molar-refractivity contribution in [2.24, 2.45) is 4.99 Å². The van der Waals surface area contributed by atoms with E-state index in [4.69, 9.17) is 0 Å². The molecule has 0 saturated carbocycles. The van der Waals surface area contributed by atoms with Crippen LogP contribution in [0.4, 0.5) is 0 Å². The molecule has 164 valence electrons. The lowest BCUT2D eigenvalue weighted by molar-refractivity contribution is -0.128. The number of rotatable bonds is 10. The molecule has 1 aliphatic rings. The number of sulfonamides is 1. The molecule has 1 saturated heterocycles. The Kier molecular flexibility index (Phi) is 9.38. The molecule has 1 aromatic heterocycles. The third-order valence-corrected chi connectivity index (χ3v) is 8.44. The lowest BCUT2D eigenvalue weighted by atomic mass is 10.3. The van der Waals surface area contributed by atoms with Gasteiger partial charge in [0, 0.05) is 44.1 Å². The van der Waals surface area contributed by atoms with E-state index in [9.17, 15) is 13.2 Å². The topological polar surface area (TPSA) is 94.1 Å². The molecule has 0 aromatic carbocycles. The monoisotopic (exact) mass is 443 g/mol. The zero-order valence-corrected chi connectivity index (χ0v) is 19.2. The first-order valence-corrected chi connectivity index (χ1v) is 12.6. The second kappa shape index (κ2) is 11.5. The normalized spacial score (nSPS) is 15.2. The van der Waals surface area contributed by atoms with E-state index in [0.717, 1.165) is 30.8 Å². The van der Waals surface area contributed by atoms with Crippen LogP contribution in [0.5, 0.6) is 0 Å². The van der Waals surface area contributed by atoms with E-state index in [1.165, 1.54) is 15.6 Å². The molecular weight excluding hydrogens is 410 g/mol. The predicted molar refractivity (Wildman–Crippen MR) is 118 cm³/mol. The molecule has 0 bridgehead atoms. The number of nitrogens with one attached hydrogen (secondary N) is 2. The summed E-state index contributed by atoms with van der Waals surface area (Å²) in [7, 11) is -3.40. The van der Waals surface area contributed by atoms with Gasteiger partial charge in [-0.25, -0.2) is 13.4 Å². The van der Waals surface area contributed by atoms with Crippen LogP contribution in [0.3, 0.4) is 0 Å². The molecule has 2 heterocycles. The van der Waals surface area contributed by atoms with Crippen LogP contribution in [0.25, 0.3) is 0 Å². The molecular formula is C19H33N5O3S2. The third-order valence-electron chi connectivity index (χ3n) is 4.78. The van der Waals surface area contributed by atoms with Crippen molar-refractivity contribution >= 4 is 33.2 Å². The number of thiophene rings is 1. The first-order chi connectivity index (χ1) is 13.9. The Labute approximate surface area is 178 Å². The maximum Gasteiger partial charge on any atom is 0.252 e. The standard InChI is InChI=1S/C19H33N5O3S2/c1-4-20-19(22-15-17(25)23-13-7-8-14-23)21-12-11-16-9-10-18(28-16)29(26,27)24(5-2)6-3/h9-10H,4-8,11-15H2,1-3H3,(H2,20,21,22). The molecule has 2 rings (SSSR count). The van der Waals surface area contributed by atoms with Gasteiger partial charge >= 0.3 is 0 Å². The summed E-state index contributed by atoms with van der Waals surface area (Å²) in [6.07, 6.45) is 2.82. The van der Waals surface area contributed by atoms with Crippen molar-refractivity contribution in [3.63, 3.8) is 0 Å². The van der Waals surface area contributed by atoms with Gasteiger partial charge < -0.3 is 15.5 Å². The average molecular weight is 444 g/mol. The highest BCUT2D eigenvalue weighted by Gasteiger charge is 2.23. The van der Waals surface area contributed by atoms with Gasteiger partial charge in [0.25, 0.3) is 10.0 Å². The van der Waals surface area contributed by atoms with Crippen LogP contribution >= 0.6 is 11.3 Å². The second-order valence-electron chi connectivity index (χ2n) is 6.77. The molecule has 8 nitrogen and oxygen atoms in total. The summed E-state index contributed by atoms with van der Waals surface area (Å²) in [6.45, 7) is 9.70. The third kappa shape index (κ3) is 6.68. The fraction of sp³-hybridized carbons (Fsp3) is 0.684. The van der Waals surface area contributed by atoms with E-state index in [0.29, 0.717) is 42.8 Å². The van der Waals surface area contributed by atoms with Crippen LogP contribution in [-0.2, 0) is 21.2 Å². The first kappa shape index (κ1) is 23.6. The van der Waals surface area contributed by atoms with Crippen LogP contribution in [0.15, 0.2) is 21.3 Å². The molecule has 0 unspecified atom stereocenters. The number of nitrogens with zero attached hydrogens (tertiary/aromatic N) is 3. The van der Waals surface area contributed by atoms with Gasteiger partial charge in [-0.3, -0.25) is 4.79 Å². The molecule has 10 heteroatoms. The Morgan fingerprint density at radius 1 is 1.17 bits per heavy atom. The minimum Gasteiger partial charge on any atom is -0.357 e. The summed E-state index contributed by atoms with van der Waals surface area (Å²) in [5, 5.41) is 6.37. The van der Waals surface area contributed by atoms with E-state index in [2.05, 4.69) is 15.6 Å². The number of likely N-dealkylation sites (tertiary alicyclic amines) is 1. The zero-order chi connectivity index (χ0) is 21.3. The predicted octanol–water partition coefficient (Wildman–Crippen LogP) is 1.50. The van der Waals surface area contributed by atoms with Gasteiger partial charge in [0.15, 0.2) is 5.96 Å². The lowest BCUT2D eigenvalue weighted by Gasteiger charge is -2.16. The van der Waals surface area contributed by atoms with Crippen molar-refractivity contribution in [3.8, 4) is 0 Å². The van der Waals surface area contributed by atoms with Crippen molar-refractivity contribution < 1.29 is 13.2 Å². The van der Waals surface area contributed by atoms with E-state index in [1.807, 2.05) is 31.7 Å². The summed E-state index contributed by atoms with van der Waals surface area (Å²) in [6, 6.07) is 3.55. The molecule has 1 fully saturated rings. The largest absolute Gasteiger partial charge is 0.357 e. The summed E-state index contributed by atoms with van der Waals surface area (Å²) < 4.78 is 27.0. The highest BCUT2D eigenvalue weighted by atomic mass is 32.2. The maximum absolute atomic E-state index is 12.6. The Bertz CT molecular complexity index is 782. The van der Waals surface area contributed by atoms with Crippen molar-refractivity contribution in [1.29, 1.82) is 0 Å². The number of guanidine groups is 1. The Balaban J connectivity index is 1.89. The van der Waals surface area contributed by atoms with E-state index in [-0.39, 0.29) is 12.5 Å². The van der Waals surface area contributed by atoms with Crippen molar-refractivity contribution in [2.75, 3.05) is 45.8 Å². The van der Waals surface area contributed by atoms with Gasteiger partial charge in [0.05, 0.1) is 0 Å². The van der Waals surface area contributed by atoms with Crippen LogP contribution in [0, 0.1) is 0 Å². The summed E-state index contributed by atoms with van der Waals surface area (Å²) >= 11 is 1.31. The molecule has 0 aliphatic carbocycles. The molecule has 2 N–H and O–H groups in total. The molecule has 1 amide bonds. The highest BCUT2D eigenvalue weighted by Crippen LogP contribution is 2.25. The molecule has 0 radical (unpaired) electrons. The molecule has 0 spiro atoms. The fourth-order valence-electron chi connectivity index (χ4n) is 3.18. The summed E-state index contributed by atoms with van der Waals surface area (Å²) in [5.74, 6) is 0.664. The molecule has 0 atom stereocenters.